The molecule has 0 fully saturated rings. The van der Waals surface area contributed by atoms with Gasteiger partial charge in [-0.15, -0.1) is 0 Å². The predicted molar refractivity (Wildman–Crippen MR) is 70.6 cm³/mol. The molecular weight excluding hydrogens is 249 g/mol. The maximum atomic E-state index is 13.8. The molecule has 0 saturated carbocycles. The molecule has 1 aromatic carbocycles. The number of nitrogens with one attached hydrogen (secondary N) is 1. The standard InChI is InChI=1S/C14H20FNO3/c1-10(16-8-4-5-14(17)19-3)12-7-6-11(18-2)9-13(12)15/h6-7,9-10,16H,4-5,8H2,1-3H3. The zero-order valence-corrected chi connectivity index (χ0v) is 11.5. The van der Waals surface area contributed by atoms with Crippen LogP contribution in [0.25, 0.3) is 0 Å². The number of rotatable bonds is 7. The number of hydrogen-bond donors (Lipinski definition) is 1. The van der Waals surface area contributed by atoms with Gasteiger partial charge in [-0.25, -0.2) is 4.39 Å². The minimum atomic E-state index is -0.299. The van der Waals surface area contributed by atoms with Crippen molar-refractivity contribution in [2.45, 2.75) is 25.8 Å². The van der Waals surface area contributed by atoms with Crippen LogP contribution in [0.3, 0.4) is 0 Å². The van der Waals surface area contributed by atoms with Crippen LogP contribution in [0.5, 0.6) is 5.75 Å². The third-order valence-corrected chi connectivity index (χ3v) is 2.91. The normalized spacial score (nSPS) is 12.0. The van der Waals surface area contributed by atoms with Gasteiger partial charge in [0.15, 0.2) is 0 Å². The number of carbonyl (C=O) groups excluding carboxylic acids is 1. The van der Waals surface area contributed by atoms with Gasteiger partial charge in [0, 0.05) is 24.1 Å². The van der Waals surface area contributed by atoms with Crippen LogP contribution in [0.15, 0.2) is 18.2 Å². The number of halogens is 1. The van der Waals surface area contributed by atoms with Crippen molar-refractivity contribution in [3.8, 4) is 5.75 Å². The first-order valence-corrected chi connectivity index (χ1v) is 6.22. The first-order chi connectivity index (χ1) is 9.08. The zero-order valence-electron chi connectivity index (χ0n) is 11.5. The number of carbonyl (C=O) groups is 1. The molecule has 0 radical (unpaired) electrons. The minimum absolute atomic E-state index is 0.122. The topological polar surface area (TPSA) is 47.6 Å². The lowest BCUT2D eigenvalue weighted by Crippen LogP contribution is -2.21. The minimum Gasteiger partial charge on any atom is -0.497 e. The van der Waals surface area contributed by atoms with Crippen molar-refractivity contribution >= 4 is 5.97 Å². The lowest BCUT2D eigenvalue weighted by atomic mass is 10.1. The van der Waals surface area contributed by atoms with Crippen molar-refractivity contribution in [3.63, 3.8) is 0 Å². The summed E-state index contributed by atoms with van der Waals surface area (Å²) in [5.41, 5.74) is 0.582. The fourth-order valence-electron chi connectivity index (χ4n) is 1.75. The maximum Gasteiger partial charge on any atom is 0.305 e. The molecule has 4 nitrogen and oxygen atoms in total. The molecule has 0 amide bonds. The van der Waals surface area contributed by atoms with E-state index in [9.17, 15) is 9.18 Å². The highest BCUT2D eigenvalue weighted by molar-refractivity contribution is 5.69. The molecule has 0 spiro atoms. The zero-order chi connectivity index (χ0) is 14.3. The highest BCUT2D eigenvalue weighted by Crippen LogP contribution is 2.21. The van der Waals surface area contributed by atoms with Crippen LogP contribution < -0.4 is 10.1 Å². The molecular formula is C14H20FNO3. The van der Waals surface area contributed by atoms with Gasteiger partial charge in [-0.1, -0.05) is 6.07 Å². The molecule has 1 N–H and O–H groups in total. The van der Waals surface area contributed by atoms with Crippen molar-refractivity contribution in [2.75, 3.05) is 20.8 Å². The van der Waals surface area contributed by atoms with E-state index in [1.807, 2.05) is 6.92 Å². The molecule has 0 aliphatic heterocycles. The molecule has 1 rings (SSSR count). The Hall–Kier alpha value is -1.62. The predicted octanol–water partition coefficient (Wildman–Crippen LogP) is 2.44. The Morgan fingerprint density at radius 3 is 2.74 bits per heavy atom. The summed E-state index contributed by atoms with van der Waals surface area (Å²) in [5, 5.41) is 3.17. The molecule has 1 unspecified atom stereocenters. The Balaban J connectivity index is 2.45. The third-order valence-electron chi connectivity index (χ3n) is 2.91. The van der Waals surface area contributed by atoms with Gasteiger partial charge >= 0.3 is 5.97 Å². The van der Waals surface area contributed by atoms with E-state index >= 15 is 0 Å². The second kappa shape index (κ2) is 7.74. The molecule has 0 aliphatic rings. The lowest BCUT2D eigenvalue weighted by Gasteiger charge is -2.15. The van der Waals surface area contributed by atoms with Crippen LogP contribution in [0.1, 0.15) is 31.4 Å². The van der Waals surface area contributed by atoms with Gasteiger partial charge < -0.3 is 14.8 Å². The van der Waals surface area contributed by atoms with Crippen molar-refractivity contribution in [1.82, 2.24) is 5.32 Å². The van der Waals surface area contributed by atoms with E-state index in [1.165, 1.54) is 20.3 Å². The Kier molecular flexibility index (Phi) is 6.29. The summed E-state index contributed by atoms with van der Waals surface area (Å²) >= 11 is 0. The van der Waals surface area contributed by atoms with E-state index in [0.717, 1.165) is 0 Å². The lowest BCUT2D eigenvalue weighted by molar-refractivity contribution is -0.140. The van der Waals surface area contributed by atoms with Gasteiger partial charge in [-0.2, -0.15) is 0 Å². The molecule has 5 heteroatoms. The number of esters is 1. The molecule has 0 bridgehead atoms. The summed E-state index contributed by atoms with van der Waals surface area (Å²) < 4.78 is 23.3. The Morgan fingerprint density at radius 2 is 2.16 bits per heavy atom. The average molecular weight is 269 g/mol. The quantitative estimate of drug-likeness (QED) is 0.610. The number of ether oxygens (including phenoxy) is 2. The molecule has 1 atom stereocenters. The highest BCUT2D eigenvalue weighted by Gasteiger charge is 2.11. The van der Waals surface area contributed by atoms with E-state index in [2.05, 4.69) is 10.1 Å². The molecule has 0 aromatic heterocycles. The van der Waals surface area contributed by atoms with Crippen molar-refractivity contribution in [2.24, 2.45) is 0 Å². The molecule has 106 valence electrons. The van der Waals surface area contributed by atoms with Crippen LogP contribution in [0, 0.1) is 5.82 Å². The number of methoxy groups -OCH3 is 2. The van der Waals surface area contributed by atoms with Gasteiger partial charge in [-0.3, -0.25) is 4.79 Å². The fraction of sp³-hybridized carbons (Fsp3) is 0.500. The van der Waals surface area contributed by atoms with Crippen LogP contribution in [0.4, 0.5) is 4.39 Å². The highest BCUT2D eigenvalue weighted by atomic mass is 19.1. The van der Waals surface area contributed by atoms with Crippen molar-refractivity contribution < 1.29 is 18.7 Å². The SMILES string of the molecule is COC(=O)CCCNC(C)c1ccc(OC)cc1F. The van der Waals surface area contributed by atoms with Crippen LogP contribution in [-0.4, -0.2) is 26.7 Å². The van der Waals surface area contributed by atoms with Gasteiger partial charge in [0.05, 0.1) is 14.2 Å². The maximum absolute atomic E-state index is 13.8. The number of benzene rings is 1. The van der Waals surface area contributed by atoms with Crippen LogP contribution in [-0.2, 0) is 9.53 Å². The van der Waals surface area contributed by atoms with Gasteiger partial charge in [0.1, 0.15) is 11.6 Å². The number of hydrogen-bond acceptors (Lipinski definition) is 4. The van der Waals surface area contributed by atoms with Gasteiger partial charge in [0.25, 0.3) is 0 Å². The van der Waals surface area contributed by atoms with E-state index in [4.69, 9.17) is 4.74 Å². The summed E-state index contributed by atoms with van der Waals surface area (Å²) in [6.07, 6.45) is 1.02. The van der Waals surface area contributed by atoms with Crippen LogP contribution in [0.2, 0.25) is 0 Å². The summed E-state index contributed by atoms with van der Waals surface area (Å²) in [6.45, 7) is 2.50. The fourth-order valence-corrected chi connectivity index (χ4v) is 1.75. The first-order valence-electron chi connectivity index (χ1n) is 6.22. The Labute approximate surface area is 112 Å². The second-order valence-corrected chi connectivity index (χ2v) is 4.24. The largest absolute Gasteiger partial charge is 0.497 e. The van der Waals surface area contributed by atoms with Gasteiger partial charge in [0.2, 0.25) is 0 Å². The summed E-state index contributed by atoms with van der Waals surface area (Å²) in [5.74, 6) is -0.0310. The van der Waals surface area contributed by atoms with E-state index in [1.54, 1.807) is 12.1 Å². The molecule has 0 saturated heterocycles. The average Bonchev–Trinajstić information content (AvgIpc) is 2.42. The Morgan fingerprint density at radius 1 is 1.42 bits per heavy atom. The molecule has 1 aromatic rings. The molecule has 19 heavy (non-hydrogen) atoms. The van der Waals surface area contributed by atoms with E-state index < -0.39 is 0 Å². The second-order valence-electron chi connectivity index (χ2n) is 4.24. The smallest absolute Gasteiger partial charge is 0.305 e. The summed E-state index contributed by atoms with van der Waals surface area (Å²) in [4.78, 5) is 10.9. The third kappa shape index (κ3) is 4.87. The van der Waals surface area contributed by atoms with E-state index in [-0.39, 0.29) is 17.8 Å². The molecule has 0 aliphatic carbocycles. The first kappa shape index (κ1) is 15.4. The van der Waals surface area contributed by atoms with Gasteiger partial charge in [-0.05, 0) is 26.0 Å². The monoisotopic (exact) mass is 269 g/mol. The Bertz CT molecular complexity index is 423. The van der Waals surface area contributed by atoms with Crippen LogP contribution >= 0.6 is 0 Å². The van der Waals surface area contributed by atoms with E-state index in [0.29, 0.717) is 30.7 Å². The summed E-state index contributed by atoms with van der Waals surface area (Å²) in [7, 11) is 2.87. The molecule has 0 heterocycles. The van der Waals surface area contributed by atoms with Crippen molar-refractivity contribution in [1.29, 1.82) is 0 Å². The van der Waals surface area contributed by atoms with Crippen molar-refractivity contribution in [3.05, 3.63) is 29.6 Å². The summed E-state index contributed by atoms with van der Waals surface area (Å²) in [6, 6.07) is 4.67.